The molecule has 0 saturated carbocycles. The number of aliphatic carboxylic acids is 1. The summed E-state index contributed by atoms with van der Waals surface area (Å²) in [5.41, 5.74) is 0. The van der Waals surface area contributed by atoms with Crippen LogP contribution in [0.25, 0.3) is 0 Å². The van der Waals surface area contributed by atoms with Crippen LogP contribution in [-0.2, 0) is 4.79 Å². The second-order valence-corrected chi connectivity index (χ2v) is 3.26. The van der Waals surface area contributed by atoms with E-state index in [2.05, 4.69) is 18.7 Å². The lowest BCUT2D eigenvalue weighted by Gasteiger charge is -2.23. The summed E-state index contributed by atoms with van der Waals surface area (Å²) in [6.45, 7) is 4.92. The van der Waals surface area contributed by atoms with Crippen LogP contribution >= 0.6 is 12.4 Å². The van der Waals surface area contributed by atoms with Crippen LogP contribution in [0.15, 0.2) is 0 Å². The average molecular weight is 210 g/mol. The first-order valence-electron chi connectivity index (χ1n) is 4.50. The highest BCUT2D eigenvalue weighted by atomic mass is 35.5. The van der Waals surface area contributed by atoms with Crippen LogP contribution in [0.4, 0.5) is 0 Å². The smallest absolute Gasteiger partial charge is 0.304 e. The van der Waals surface area contributed by atoms with Crippen LogP contribution in [0.1, 0.15) is 33.1 Å². The molecule has 0 radical (unpaired) electrons. The van der Waals surface area contributed by atoms with Gasteiger partial charge in [0.15, 0.2) is 0 Å². The summed E-state index contributed by atoms with van der Waals surface area (Å²) in [7, 11) is 1.98. The van der Waals surface area contributed by atoms with Crippen LogP contribution in [0.3, 0.4) is 0 Å². The van der Waals surface area contributed by atoms with Gasteiger partial charge >= 0.3 is 5.97 Å². The third-order valence-corrected chi connectivity index (χ3v) is 2.14. The largest absolute Gasteiger partial charge is 0.481 e. The van der Waals surface area contributed by atoms with Gasteiger partial charge in [0.2, 0.25) is 0 Å². The van der Waals surface area contributed by atoms with Crippen molar-refractivity contribution in [3.63, 3.8) is 0 Å². The molecule has 0 aromatic rings. The van der Waals surface area contributed by atoms with E-state index in [4.69, 9.17) is 5.11 Å². The maximum absolute atomic E-state index is 10.3. The van der Waals surface area contributed by atoms with Crippen LogP contribution in [0.5, 0.6) is 0 Å². The van der Waals surface area contributed by atoms with E-state index in [1.165, 1.54) is 0 Å². The monoisotopic (exact) mass is 209 g/mol. The van der Waals surface area contributed by atoms with E-state index in [0.717, 1.165) is 12.8 Å². The molecule has 80 valence electrons. The number of rotatable bonds is 6. The van der Waals surface area contributed by atoms with Crippen molar-refractivity contribution in [2.75, 3.05) is 13.6 Å². The van der Waals surface area contributed by atoms with E-state index < -0.39 is 5.97 Å². The summed E-state index contributed by atoms with van der Waals surface area (Å²) in [5.74, 6) is -0.717. The fraction of sp³-hybridized carbons (Fsp3) is 0.889. The minimum atomic E-state index is -0.717. The fourth-order valence-electron chi connectivity index (χ4n) is 1.13. The number of hydrogen-bond acceptors (Lipinski definition) is 2. The third kappa shape index (κ3) is 8.06. The van der Waals surface area contributed by atoms with Gasteiger partial charge in [-0.3, -0.25) is 4.79 Å². The molecule has 1 N–H and O–H groups in total. The molecule has 13 heavy (non-hydrogen) atoms. The van der Waals surface area contributed by atoms with Crippen molar-refractivity contribution >= 4 is 18.4 Å². The first-order chi connectivity index (χ1) is 5.57. The minimum absolute atomic E-state index is 0. The molecule has 0 aliphatic carbocycles. The van der Waals surface area contributed by atoms with E-state index in [0.29, 0.717) is 12.6 Å². The molecule has 0 amide bonds. The first kappa shape index (κ1) is 15.2. The average Bonchev–Trinajstić information content (AvgIpc) is 2.00. The number of hydrogen-bond donors (Lipinski definition) is 1. The molecular formula is C9H20ClNO2. The van der Waals surface area contributed by atoms with Gasteiger partial charge in [-0.25, -0.2) is 0 Å². The van der Waals surface area contributed by atoms with Crippen molar-refractivity contribution < 1.29 is 9.90 Å². The molecule has 0 aliphatic rings. The Morgan fingerprint density at radius 3 is 2.46 bits per heavy atom. The Bertz CT molecular complexity index is 142. The molecule has 3 nitrogen and oxygen atoms in total. The molecule has 1 atom stereocenters. The maximum Gasteiger partial charge on any atom is 0.304 e. The van der Waals surface area contributed by atoms with Crippen molar-refractivity contribution in [1.82, 2.24) is 4.90 Å². The highest BCUT2D eigenvalue weighted by Crippen LogP contribution is 2.03. The lowest BCUT2D eigenvalue weighted by Crippen LogP contribution is -2.30. The molecule has 0 aliphatic heterocycles. The second kappa shape index (κ2) is 8.32. The number of nitrogens with zero attached hydrogens (tertiary/aromatic N) is 1. The number of halogens is 1. The van der Waals surface area contributed by atoms with Gasteiger partial charge in [0, 0.05) is 12.6 Å². The molecule has 1 unspecified atom stereocenters. The van der Waals surface area contributed by atoms with Crippen molar-refractivity contribution in [3.05, 3.63) is 0 Å². The summed E-state index contributed by atoms with van der Waals surface area (Å²) >= 11 is 0. The van der Waals surface area contributed by atoms with Crippen molar-refractivity contribution in [1.29, 1.82) is 0 Å². The zero-order valence-electron chi connectivity index (χ0n) is 8.62. The standard InChI is InChI=1S/C9H19NO2.ClH/c1-4-5-8(2)10(3)7-6-9(11)12;/h8H,4-7H2,1-3H3,(H,11,12);1H. The zero-order chi connectivity index (χ0) is 9.56. The molecule has 0 saturated heterocycles. The first-order valence-corrected chi connectivity index (χ1v) is 4.50. The summed E-state index contributed by atoms with van der Waals surface area (Å²) in [6, 6.07) is 0.495. The number of carboxylic acid groups (broad SMARTS) is 1. The molecule has 0 heterocycles. The van der Waals surface area contributed by atoms with Gasteiger partial charge in [-0.2, -0.15) is 0 Å². The summed E-state index contributed by atoms with van der Waals surface area (Å²) in [5, 5.41) is 8.45. The molecule has 0 aromatic heterocycles. The van der Waals surface area contributed by atoms with E-state index in [1.54, 1.807) is 0 Å². The Hall–Kier alpha value is -0.280. The summed E-state index contributed by atoms with van der Waals surface area (Å²) in [4.78, 5) is 12.4. The molecule has 0 rings (SSSR count). The van der Waals surface area contributed by atoms with Gasteiger partial charge in [-0.05, 0) is 20.4 Å². The highest BCUT2D eigenvalue weighted by molar-refractivity contribution is 5.85. The Morgan fingerprint density at radius 1 is 1.54 bits per heavy atom. The highest BCUT2D eigenvalue weighted by Gasteiger charge is 2.08. The normalized spacial score (nSPS) is 12.3. The van der Waals surface area contributed by atoms with Gasteiger partial charge in [-0.15, -0.1) is 12.4 Å². The number of carbonyl (C=O) groups is 1. The quantitative estimate of drug-likeness (QED) is 0.728. The van der Waals surface area contributed by atoms with E-state index in [9.17, 15) is 4.79 Å². The van der Waals surface area contributed by atoms with Crippen LogP contribution in [0.2, 0.25) is 0 Å². The van der Waals surface area contributed by atoms with Crippen LogP contribution in [-0.4, -0.2) is 35.6 Å². The third-order valence-electron chi connectivity index (χ3n) is 2.14. The molecule has 4 heteroatoms. The number of carboxylic acids is 1. The molecule has 0 aromatic carbocycles. The molecule has 0 bridgehead atoms. The predicted molar refractivity (Wildman–Crippen MR) is 56.5 cm³/mol. The topological polar surface area (TPSA) is 40.5 Å². The van der Waals surface area contributed by atoms with Crippen LogP contribution < -0.4 is 0 Å². The zero-order valence-corrected chi connectivity index (χ0v) is 9.43. The van der Waals surface area contributed by atoms with Crippen molar-refractivity contribution in [3.8, 4) is 0 Å². The Kier molecular flexibility index (Phi) is 9.74. The predicted octanol–water partition coefficient (Wildman–Crippen LogP) is 2.00. The lowest BCUT2D eigenvalue weighted by molar-refractivity contribution is -0.137. The van der Waals surface area contributed by atoms with Gasteiger partial charge in [0.05, 0.1) is 6.42 Å². The van der Waals surface area contributed by atoms with Gasteiger partial charge < -0.3 is 10.0 Å². The molecular weight excluding hydrogens is 190 g/mol. The van der Waals surface area contributed by atoms with Gasteiger partial charge in [-0.1, -0.05) is 13.3 Å². The lowest BCUT2D eigenvalue weighted by atomic mass is 10.2. The Balaban J connectivity index is 0. The van der Waals surface area contributed by atoms with Gasteiger partial charge in [0.25, 0.3) is 0 Å². The SMILES string of the molecule is CCCC(C)N(C)CCC(=O)O.Cl. The van der Waals surface area contributed by atoms with Crippen molar-refractivity contribution in [2.24, 2.45) is 0 Å². The Morgan fingerprint density at radius 2 is 2.08 bits per heavy atom. The molecule has 0 spiro atoms. The van der Waals surface area contributed by atoms with E-state index in [1.807, 2.05) is 7.05 Å². The molecule has 0 fully saturated rings. The summed E-state index contributed by atoms with van der Waals surface area (Å²) in [6.07, 6.45) is 2.53. The van der Waals surface area contributed by atoms with Crippen LogP contribution in [0, 0.1) is 0 Å². The van der Waals surface area contributed by atoms with Gasteiger partial charge in [0.1, 0.15) is 0 Å². The minimum Gasteiger partial charge on any atom is -0.481 e. The fourth-order valence-corrected chi connectivity index (χ4v) is 1.13. The van der Waals surface area contributed by atoms with E-state index >= 15 is 0 Å². The maximum atomic E-state index is 10.3. The summed E-state index contributed by atoms with van der Waals surface area (Å²) < 4.78 is 0. The van der Waals surface area contributed by atoms with Crippen molar-refractivity contribution in [2.45, 2.75) is 39.2 Å². The Labute approximate surface area is 86.5 Å². The van der Waals surface area contributed by atoms with E-state index in [-0.39, 0.29) is 18.8 Å². The second-order valence-electron chi connectivity index (χ2n) is 3.26.